The normalized spacial score (nSPS) is 15.4. The number of ether oxygens (including phenoxy) is 1. The van der Waals surface area contributed by atoms with Crippen LogP contribution < -0.4 is 11.4 Å². The molecule has 0 radical (unpaired) electrons. The van der Waals surface area contributed by atoms with Crippen LogP contribution in [-0.4, -0.2) is 97.4 Å². The van der Waals surface area contributed by atoms with Gasteiger partial charge in [-0.2, -0.15) is 10.2 Å². The van der Waals surface area contributed by atoms with E-state index in [-0.39, 0.29) is 42.0 Å². The Hall–Kier alpha value is -8.06. The summed E-state index contributed by atoms with van der Waals surface area (Å²) in [6.45, 7) is 6.54. The zero-order chi connectivity index (χ0) is 50.7. The third kappa shape index (κ3) is 9.31. The molecule has 74 heavy (non-hydrogen) atoms. The van der Waals surface area contributed by atoms with E-state index in [4.69, 9.17) is 14.7 Å². The molecule has 10 aromatic rings. The molecule has 1 aliphatic carbocycles. The largest absolute Gasteiger partial charge is 0.444 e. The van der Waals surface area contributed by atoms with Gasteiger partial charge in [-0.25, -0.2) is 24.4 Å². The van der Waals surface area contributed by atoms with E-state index in [1.165, 1.54) is 6.42 Å². The Balaban J connectivity index is 0.000000170. The molecular weight excluding hydrogens is 958 g/mol. The maximum atomic E-state index is 13.6. The zero-order valence-electron chi connectivity index (χ0n) is 42.5. The number of fused-ring (bicyclic) bond motifs is 6. The lowest BCUT2D eigenvalue weighted by molar-refractivity contribution is 0.0173. The molecule has 0 unspecified atom stereocenters. The van der Waals surface area contributed by atoms with Crippen molar-refractivity contribution in [2.45, 2.75) is 83.4 Å². The number of nitrogens with zero attached hydrogens (tertiary/aromatic N) is 15. The van der Waals surface area contributed by atoms with Crippen LogP contribution in [0.5, 0.6) is 0 Å². The van der Waals surface area contributed by atoms with Crippen molar-refractivity contribution in [1.82, 2.24) is 72.6 Å². The number of pyridine rings is 6. The number of hydrogen-bond acceptors (Lipinski definition) is 12. The monoisotopic (exact) mass is 1020 g/mol. The molecule has 11 heterocycles. The molecule has 2 aliphatic rings. The van der Waals surface area contributed by atoms with E-state index in [1.54, 1.807) is 66.0 Å². The summed E-state index contributed by atoms with van der Waals surface area (Å²) in [4.78, 5) is 69.8. The predicted octanol–water partition coefficient (Wildman–Crippen LogP) is 8.99. The van der Waals surface area contributed by atoms with Crippen LogP contribution in [0.15, 0.2) is 108 Å². The number of hydrogen-bond donors (Lipinski definition) is 0. The molecule has 12 rings (SSSR count). The fourth-order valence-electron chi connectivity index (χ4n) is 10.3. The molecule has 1 aliphatic heterocycles. The summed E-state index contributed by atoms with van der Waals surface area (Å²) in [5.41, 5.74) is 12.2. The molecular formula is C54H58ClN15O4. The van der Waals surface area contributed by atoms with E-state index in [1.807, 2.05) is 114 Å². The van der Waals surface area contributed by atoms with E-state index in [2.05, 4.69) is 30.1 Å². The van der Waals surface area contributed by atoms with Gasteiger partial charge in [-0.05, 0) is 95.0 Å². The molecule has 1 saturated carbocycles. The van der Waals surface area contributed by atoms with Gasteiger partial charge in [0.25, 0.3) is 0 Å². The van der Waals surface area contributed by atoms with Gasteiger partial charge >= 0.3 is 17.5 Å². The lowest BCUT2D eigenvalue weighted by Crippen LogP contribution is -2.45. The van der Waals surface area contributed by atoms with Crippen LogP contribution in [0.25, 0.3) is 89.2 Å². The van der Waals surface area contributed by atoms with Crippen LogP contribution >= 0.6 is 12.4 Å². The maximum Gasteiger partial charge on any atom is 0.410 e. The Morgan fingerprint density at radius 3 is 1.47 bits per heavy atom. The number of aromatic nitrogens is 14. The van der Waals surface area contributed by atoms with E-state index in [9.17, 15) is 14.4 Å². The average molecular weight is 1020 g/mol. The second-order valence-electron chi connectivity index (χ2n) is 20.2. The predicted molar refractivity (Wildman–Crippen MR) is 287 cm³/mol. The molecule has 1 saturated heterocycles. The SMILES string of the molecule is Cl.Cn1cc(-c2ccc(-c3ccc4ncc5c(c4n3)n(C3CCCCC3)c(=O)n5C)cn2)cn1.Cn1cc(-c2ccc(-c3ccc4ncc5c(c4n3)n([C@H]3CCCN(C(=O)OC(C)(C)C)C3)c(=O)n5C)cn2)cn1. The van der Waals surface area contributed by atoms with Gasteiger partial charge < -0.3 is 9.64 Å². The van der Waals surface area contributed by atoms with Crippen molar-refractivity contribution in [2.24, 2.45) is 28.2 Å². The second kappa shape index (κ2) is 19.8. The highest BCUT2D eigenvalue weighted by Crippen LogP contribution is 2.34. The molecule has 1 atom stereocenters. The van der Waals surface area contributed by atoms with Crippen molar-refractivity contribution in [2.75, 3.05) is 13.1 Å². The summed E-state index contributed by atoms with van der Waals surface area (Å²) in [6.07, 6.45) is 21.4. The van der Waals surface area contributed by atoms with Gasteiger partial charge in [0.05, 0.1) is 86.7 Å². The highest BCUT2D eigenvalue weighted by atomic mass is 35.5. The minimum atomic E-state index is -0.590. The molecule has 19 nitrogen and oxygen atoms in total. The number of imidazole rings is 2. The molecule has 10 aromatic heterocycles. The summed E-state index contributed by atoms with van der Waals surface area (Å²) in [7, 11) is 7.33. The van der Waals surface area contributed by atoms with E-state index < -0.39 is 5.60 Å². The summed E-state index contributed by atoms with van der Waals surface area (Å²) in [5, 5.41) is 8.44. The van der Waals surface area contributed by atoms with Gasteiger partial charge in [0.2, 0.25) is 0 Å². The fourth-order valence-corrected chi connectivity index (χ4v) is 10.3. The summed E-state index contributed by atoms with van der Waals surface area (Å²) >= 11 is 0. The zero-order valence-corrected chi connectivity index (χ0v) is 43.3. The Morgan fingerprint density at radius 1 is 0.554 bits per heavy atom. The van der Waals surface area contributed by atoms with Crippen molar-refractivity contribution >= 4 is 62.6 Å². The molecule has 2 fully saturated rings. The number of amides is 1. The van der Waals surface area contributed by atoms with Crippen LogP contribution in [-0.2, 0) is 32.9 Å². The average Bonchev–Trinajstić information content (AvgIpc) is 4.17. The van der Waals surface area contributed by atoms with Crippen LogP contribution in [0, 0.1) is 0 Å². The first-order valence-electron chi connectivity index (χ1n) is 24.8. The van der Waals surface area contributed by atoms with Crippen molar-refractivity contribution < 1.29 is 9.53 Å². The second-order valence-corrected chi connectivity index (χ2v) is 20.2. The molecule has 0 spiro atoms. The third-order valence-electron chi connectivity index (χ3n) is 14.0. The van der Waals surface area contributed by atoms with Crippen molar-refractivity contribution in [1.29, 1.82) is 0 Å². The number of halogens is 1. The van der Waals surface area contributed by atoms with Gasteiger partial charge in [-0.15, -0.1) is 12.4 Å². The number of likely N-dealkylation sites (tertiary alicyclic amines) is 1. The van der Waals surface area contributed by atoms with Crippen molar-refractivity contribution in [3.63, 3.8) is 0 Å². The van der Waals surface area contributed by atoms with E-state index in [0.29, 0.717) is 29.6 Å². The smallest absolute Gasteiger partial charge is 0.410 e. The first-order valence-corrected chi connectivity index (χ1v) is 24.8. The Labute approximate surface area is 431 Å². The number of piperidine rings is 1. The van der Waals surface area contributed by atoms with Crippen molar-refractivity contribution in [3.05, 3.63) is 119 Å². The minimum Gasteiger partial charge on any atom is -0.444 e. The molecule has 1 amide bonds. The quantitative estimate of drug-likeness (QED) is 0.154. The van der Waals surface area contributed by atoms with Crippen LogP contribution in [0.1, 0.15) is 77.8 Å². The molecule has 20 heteroatoms. The van der Waals surface area contributed by atoms with Gasteiger partial charge in [0.1, 0.15) is 16.6 Å². The van der Waals surface area contributed by atoms with Crippen LogP contribution in [0.4, 0.5) is 4.79 Å². The van der Waals surface area contributed by atoms with Gasteiger partial charge in [0, 0.05) is 94.4 Å². The highest BCUT2D eigenvalue weighted by molar-refractivity contribution is 6.01. The van der Waals surface area contributed by atoms with Crippen molar-refractivity contribution in [3.8, 4) is 45.0 Å². The van der Waals surface area contributed by atoms with E-state index in [0.717, 1.165) is 111 Å². The summed E-state index contributed by atoms with van der Waals surface area (Å²) < 4.78 is 16.2. The molecule has 0 N–H and O–H groups in total. The molecule has 0 bridgehead atoms. The molecule has 380 valence electrons. The minimum absolute atomic E-state index is 0. The van der Waals surface area contributed by atoms with E-state index >= 15 is 0 Å². The number of carbonyl (C=O) groups excluding carboxylic acids is 1. The first kappa shape index (κ1) is 49.5. The highest BCUT2D eigenvalue weighted by Gasteiger charge is 2.32. The first-order chi connectivity index (χ1) is 35.2. The Kier molecular flexibility index (Phi) is 13.2. The van der Waals surface area contributed by atoms with Gasteiger partial charge in [-0.3, -0.25) is 47.6 Å². The Morgan fingerprint density at radius 2 is 1.03 bits per heavy atom. The maximum absolute atomic E-state index is 13.6. The summed E-state index contributed by atoms with van der Waals surface area (Å²) in [5.74, 6) is 0. The third-order valence-corrected chi connectivity index (χ3v) is 14.0. The lowest BCUT2D eigenvalue weighted by atomic mass is 9.95. The number of rotatable bonds is 6. The van der Waals surface area contributed by atoms with Crippen LogP contribution in [0.2, 0.25) is 0 Å². The fraction of sp³-hybridized carbons (Fsp3) is 0.352. The molecule has 0 aromatic carbocycles. The Bertz CT molecular complexity index is 3840. The topological polar surface area (TPSA) is 196 Å². The lowest BCUT2D eigenvalue weighted by Gasteiger charge is -2.34. The number of aryl methyl sites for hydroxylation is 4. The standard InChI is InChI=1S/C29H32N8O3.C25H25N7O.ClH/c1-29(2,3)40-28(39)36-12-6-7-20(17-36)37-26-24(35(5)27(37)38)15-31-23-11-10-22(33-25(23)26)18-8-9-21(30-13-18)19-14-32-34(4)16-19;1-30-15-17(13-28-30)19-9-8-16(12-26-19)20-10-11-21-23(29-20)24-22(14-27-21)31(2)25(33)32(24)18-6-4-3-5-7-18;/h8-11,13-16,20H,6-7,12,17H2,1-5H3;8-15,18H,3-7H2,1-2H3;1H/t20-;;/m0../s1. The van der Waals surface area contributed by atoms with Gasteiger partial charge in [0.15, 0.2) is 0 Å². The number of carbonyl (C=O) groups is 1. The summed E-state index contributed by atoms with van der Waals surface area (Å²) in [6, 6.07) is 15.7. The van der Waals surface area contributed by atoms with Crippen LogP contribution in [0.3, 0.4) is 0 Å². The van der Waals surface area contributed by atoms with Gasteiger partial charge in [-0.1, -0.05) is 19.3 Å².